The Morgan fingerprint density at radius 1 is 1.37 bits per heavy atom. The van der Waals surface area contributed by atoms with Crippen LogP contribution >= 0.6 is 15.9 Å². The zero-order valence-corrected chi connectivity index (χ0v) is 11.7. The maximum Gasteiger partial charge on any atom is 0.225 e. The van der Waals surface area contributed by atoms with Gasteiger partial charge in [-0.05, 0) is 18.2 Å². The lowest BCUT2D eigenvalue weighted by atomic mass is 10.2. The monoisotopic (exact) mass is 326 g/mol. The molecule has 0 atom stereocenters. The lowest BCUT2D eigenvalue weighted by Gasteiger charge is -2.08. The minimum atomic E-state index is -0.287. The Morgan fingerprint density at radius 3 is 2.89 bits per heavy atom. The minimum absolute atomic E-state index is 0.0940. The number of halogens is 2. The molecular formula is C12H12BrFN4O. The number of aromatic nitrogens is 2. The second-order valence-corrected chi connectivity index (χ2v) is 4.66. The lowest BCUT2D eigenvalue weighted by Crippen LogP contribution is -2.06. The van der Waals surface area contributed by atoms with Crippen LogP contribution in [0.2, 0.25) is 0 Å². The van der Waals surface area contributed by atoms with Crippen molar-refractivity contribution in [2.75, 3.05) is 18.2 Å². The molecule has 1 aromatic heterocycles. The average Bonchev–Trinajstić information content (AvgIpc) is 2.39. The molecule has 19 heavy (non-hydrogen) atoms. The number of nitrogen functional groups attached to an aromatic ring is 1. The molecule has 1 heterocycles. The molecule has 7 heteroatoms. The summed E-state index contributed by atoms with van der Waals surface area (Å²) in [5.74, 6) is 0.634. The van der Waals surface area contributed by atoms with E-state index in [1.807, 2.05) is 0 Å². The van der Waals surface area contributed by atoms with Crippen molar-refractivity contribution in [2.24, 2.45) is 0 Å². The van der Waals surface area contributed by atoms with Gasteiger partial charge in [0.25, 0.3) is 0 Å². The molecule has 0 unspecified atom stereocenters. The number of hydrogen-bond donors (Lipinski definition) is 2. The van der Waals surface area contributed by atoms with Gasteiger partial charge < -0.3 is 15.8 Å². The Bertz CT molecular complexity index is 594. The standard InChI is InChI=1S/C12H12BrFN4O/c1-19-11-5-10(17-12(15)18-11)16-6-7-4-8(13)2-3-9(7)14/h2-5H,6H2,1H3,(H3,15,16,17,18). The maximum atomic E-state index is 13.6. The van der Waals surface area contributed by atoms with Gasteiger partial charge in [-0.25, -0.2) is 4.39 Å². The molecule has 100 valence electrons. The molecule has 2 rings (SSSR count). The van der Waals surface area contributed by atoms with E-state index >= 15 is 0 Å². The molecule has 0 bridgehead atoms. The van der Waals surface area contributed by atoms with Gasteiger partial charge in [0, 0.05) is 22.6 Å². The van der Waals surface area contributed by atoms with Crippen LogP contribution in [0.3, 0.4) is 0 Å². The molecule has 0 amide bonds. The summed E-state index contributed by atoms with van der Waals surface area (Å²) in [7, 11) is 1.49. The lowest BCUT2D eigenvalue weighted by molar-refractivity contribution is 0.398. The molecule has 3 N–H and O–H groups in total. The van der Waals surface area contributed by atoms with Crippen LogP contribution in [0.15, 0.2) is 28.7 Å². The van der Waals surface area contributed by atoms with Crippen LogP contribution in [-0.4, -0.2) is 17.1 Å². The number of ether oxygens (including phenoxy) is 1. The summed E-state index contributed by atoms with van der Waals surface area (Å²) in [4.78, 5) is 7.85. The fraction of sp³-hybridized carbons (Fsp3) is 0.167. The SMILES string of the molecule is COc1cc(NCc2cc(Br)ccc2F)nc(N)n1. The molecule has 0 aliphatic rings. The highest BCUT2D eigenvalue weighted by molar-refractivity contribution is 9.10. The van der Waals surface area contributed by atoms with E-state index in [2.05, 4.69) is 31.2 Å². The van der Waals surface area contributed by atoms with Crippen molar-refractivity contribution in [1.82, 2.24) is 9.97 Å². The molecule has 0 saturated heterocycles. The first kappa shape index (κ1) is 13.5. The summed E-state index contributed by atoms with van der Waals surface area (Å²) >= 11 is 3.30. The van der Waals surface area contributed by atoms with Gasteiger partial charge in [-0.3, -0.25) is 0 Å². The van der Waals surface area contributed by atoms with Crippen LogP contribution in [0.5, 0.6) is 5.88 Å². The fourth-order valence-corrected chi connectivity index (χ4v) is 1.91. The highest BCUT2D eigenvalue weighted by atomic mass is 79.9. The second kappa shape index (κ2) is 5.83. The number of rotatable bonds is 4. The highest BCUT2D eigenvalue weighted by Gasteiger charge is 2.05. The van der Waals surface area contributed by atoms with Crippen LogP contribution in [0.25, 0.3) is 0 Å². The van der Waals surface area contributed by atoms with Crippen molar-refractivity contribution < 1.29 is 9.13 Å². The third-order valence-electron chi connectivity index (χ3n) is 2.40. The van der Waals surface area contributed by atoms with Crippen LogP contribution in [0.4, 0.5) is 16.2 Å². The number of nitrogens with two attached hydrogens (primary N) is 1. The van der Waals surface area contributed by atoms with Crippen molar-refractivity contribution >= 4 is 27.7 Å². The Labute approximate surface area is 118 Å². The van der Waals surface area contributed by atoms with E-state index in [-0.39, 0.29) is 18.3 Å². The van der Waals surface area contributed by atoms with Gasteiger partial charge in [0.05, 0.1) is 7.11 Å². The molecular weight excluding hydrogens is 315 g/mol. The normalized spacial score (nSPS) is 10.3. The molecule has 0 fully saturated rings. The molecule has 0 aliphatic heterocycles. The fourth-order valence-electron chi connectivity index (χ4n) is 1.50. The Hall–Kier alpha value is -1.89. The molecule has 5 nitrogen and oxygen atoms in total. The van der Waals surface area contributed by atoms with Crippen molar-refractivity contribution in [3.8, 4) is 5.88 Å². The zero-order chi connectivity index (χ0) is 13.8. The van der Waals surface area contributed by atoms with Crippen LogP contribution < -0.4 is 15.8 Å². The van der Waals surface area contributed by atoms with Crippen LogP contribution in [0.1, 0.15) is 5.56 Å². The highest BCUT2D eigenvalue weighted by Crippen LogP contribution is 2.18. The Balaban J connectivity index is 2.14. The van der Waals surface area contributed by atoms with Crippen molar-refractivity contribution in [3.63, 3.8) is 0 Å². The van der Waals surface area contributed by atoms with E-state index in [4.69, 9.17) is 10.5 Å². The van der Waals surface area contributed by atoms with E-state index in [0.29, 0.717) is 17.3 Å². The molecule has 0 radical (unpaired) electrons. The molecule has 1 aromatic carbocycles. The van der Waals surface area contributed by atoms with Gasteiger partial charge in [0.15, 0.2) is 0 Å². The predicted octanol–water partition coefficient (Wildman–Crippen LogP) is 2.58. The Morgan fingerprint density at radius 2 is 2.16 bits per heavy atom. The third kappa shape index (κ3) is 3.54. The zero-order valence-electron chi connectivity index (χ0n) is 10.2. The predicted molar refractivity (Wildman–Crippen MR) is 74.4 cm³/mol. The second-order valence-electron chi connectivity index (χ2n) is 3.74. The first-order valence-electron chi connectivity index (χ1n) is 5.45. The van der Waals surface area contributed by atoms with Gasteiger partial charge in [-0.2, -0.15) is 9.97 Å². The van der Waals surface area contributed by atoms with Gasteiger partial charge in [-0.1, -0.05) is 15.9 Å². The number of nitrogens with zero attached hydrogens (tertiary/aromatic N) is 2. The van der Waals surface area contributed by atoms with E-state index < -0.39 is 0 Å². The Kier molecular flexibility index (Phi) is 4.16. The largest absolute Gasteiger partial charge is 0.481 e. The topological polar surface area (TPSA) is 73.1 Å². The summed E-state index contributed by atoms with van der Waals surface area (Å²) in [5, 5.41) is 2.97. The summed E-state index contributed by atoms with van der Waals surface area (Å²) < 4.78 is 19.3. The van der Waals surface area contributed by atoms with E-state index in [9.17, 15) is 4.39 Å². The maximum absolute atomic E-state index is 13.6. The molecule has 2 aromatic rings. The number of methoxy groups -OCH3 is 1. The number of benzene rings is 1. The van der Waals surface area contributed by atoms with Crippen LogP contribution in [0, 0.1) is 5.82 Å². The summed E-state index contributed by atoms with van der Waals surface area (Å²) in [6.45, 7) is 0.283. The average molecular weight is 327 g/mol. The first-order chi connectivity index (χ1) is 9.08. The summed E-state index contributed by atoms with van der Waals surface area (Å²) in [5.41, 5.74) is 6.05. The third-order valence-corrected chi connectivity index (χ3v) is 2.89. The quantitative estimate of drug-likeness (QED) is 0.903. The number of anilines is 2. The summed E-state index contributed by atoms with van der Waals surface area (Å²) in [6, 6.07) is 6.33. The van der Waals surface area contributed by atoms with Crippen molar-refractivity contribution in [1.29, 1.82) is 0 Å². The smallest absolute Gasteiger partial charge is 0.225 e. The first-order valence-corrected chi connectivity index (χ1v) is 6.24. The van der Waals surface area contributed by atoms with Crippen molar-refractivity contribution in [2.45, 2.75) is 6.54 Å². The van der Waals surface area contributed by atoms with E-state index in [1.165, 1.54) is 13.2 Å². The van der Waals surface area contributed by atoms with E-state index in [1.54, 1.807) is 18.2 Å². The van der Waals surface area contributed by atoms with Gasteiger partial charge >= 0.3 is 0 Å². The van der Waals surface area contributed by atoms with Crippen molar-refractivity contribution in [3.05, 3.63) is 40.1 Å². The van der Waals surface area contributed by atoms with Gasteiger partial charge in [0.2, 0.25) is 11.8 Å². The number of nitrogens with one attached hydrogen (secondary N) is 1. The molecule has 0 aliphatic carbocycles. The van der Waals surface area contributed by atoms with Gasteiger partial charge in [-0.15, -0.1) is 0 Å². The van der Waals surface area contributed by atoms with Crippen LogP contribution in [-0.2, 0) is 6.54 Å². The number of hydrogen-bond acceptors (Lipinski definition) is 5. The van der Waals surface area contributed by atoms with E-state index in [0.717, 1.165) is 4.47 Å². The minimum Gasteiger partial charge on any atom is -0.481 e. The molecule has 0 saturated carbocycles. The van der Waals surface area contributed by atoms with Gasteiger partial charge in [0.1, 0.15) is 11.6 Å². The molecule has 0 spiro atoms. The summed E-state index contributed by atoms with van der Waals surface area (Å²) in [6.07, 6.45) is 0.